The second kappa shape index (κ2) is 15.2. The molecule has 0 spiro atoms. The minimum absolute atomic E-state index is 0.143. The number of hydrogen-bond donors (Lipinski definition) is 4. The molecule has 4 N–H and O–H groups in total. The van der Waals surface area contributed by atoms with Crippen molar-refractivity contribution in [2.75, 3.05) is 20.8 Å². The van der Waals surface area contributed by atoms with Crippen LogP contribution in [0.3, 0.4) is 0 Å². The summed E-state index contributed by atoms with van der Waals surface area (Å²) >= 11 is 0. The Bertz CT molecular complexity index is 1190. The van der Waals surface area contributed by atoms with E-state index in [0.717, 1.165) is 5.56 Å². The number of carbonyl (C=O) groups is 5. The number of unbranched alkanes of at least 4 members (excludes halogenated alkanes) is 2. The highest BCUT2D eigenvalue weighted by atomic mass is 16.5. The van der Waals surface area contributed by atoms with Gasteiger partial charge in [-0.2, -0.15) is 0 Å². The monoisotopic (exact) mass is 602 g/mol. The second-order valence-corrected chi connectivity index (χ2v) is 11.6. The van der Waals surface area contributed by atoms with E-state index in [9.17, 15) is 29.1 Å². The lowest BCUT2D eigenvalue weighted by molar-refractivity contribution is -0.144. The van der Waals surface area contributed by atoms with Crippen LogP contribution in [0.1, 0.15) is 77.7 Å². The third kappa shape index (κ3) is 8.46. The highest BCUT2D eigenvalue weighted by Crippen LogP contribution is 2.29. The normalized spacial score (nSPS) is 25.4. The average Bonchev–Trinajstić information content (AvgIpc) is 3.48. The summed E-state index contributed by atoms with van der Waals surface area (Å²) in [7, 11) is 3.04. The van der Waals surface area contributed by atoms with Gasteiger partial charge >= 0.3 is 0 Å². The summed E-state index contributed by atoms with van der Waals surface area (Å²) in [5.41, 5.74) is -0.621. The molecule has 0 bridgehead atoms. The molecule has 12 heteroatoms. The molecule has 238 valence electrons. The Morgan fingerprint density at radius 3 is 2.42 bits per heavy atom. The number of rotatable bonds is 12. The molecule has 0 unspecified atom stereocenters. The first-order valence-electron chi connectivity index (χ1n) is 15.1. The number of carbonyl (C=O) groups excluding carboxylic acids is 5. The third-order valence-electron chi connectivity index (χ3n) is 8.45. The number of fused-ring (bicyclic) bond motifs is 1. The maximum absolute atomic E-state index is 14.0. The Morgan fingerprint density at radius 1 is 1.05 bits per heavy atom. The van der Waals surface area contributed by atoms with Gasteiger partial charge in [-0.25, -0.2) is 0 Å². The minimum Gasteiger partial charge on any atom is -0.493 e. The number of ether oxygens (including phenoxy) is 2. The van der Waals surface area contributed by atoms with Gasteiger partial charge in [-0.1, -0.05) is 25.8 Å². The van der Waals surface area contributed by atoms with Gasteiger partial charge in [0.2, 0.25) is 23.6 Å². The fourth-order valence-corrected chi connectivity index (χ4v) is 5.50. The predicted molar refractivity (Wildman–Crippen MR) is 158 cm³/mol. The lowest BCUT2D eigenvalue weighted by Crippen LogP contribution is -2.65. The van der Waals surface area contributed by atoms with Crippen LogP contribution in [0.5, 0.6) is 11.5 Å². The average molecular weight is 603 g/mol. The topological polar surface area (TPSA) is 163 Å². The molecule has 2 fully saturated rings. The van der Waals surface area contributed by atoms with Gasteiger partial charge in [0.1, 0.15) is 29.8 Å². The zero-order chi connectivity index (χ0) is 31.7. The number of methoxy groups -OCH3 is 2. The summed E-state index contributed by atoms with van der Waals surface area (Å²) in [5, 5.41) is 18.0. The van der Waals surface area contributed by atoms with Crippen LogP contribution >= 0.6 is 0 Å². The van der Waals surface area contributed by atoms with E-state index in [-0.39, 0.29) is 31.0 Å². The standard InChI is InChI=1S/C31H46N4O8/c1-6-31(3)30(41)33-22(17-20-14-15-25(42-4)26(18-20)43-5)29(40)35-16-10-12-23(35)28(39)32-21(27(38)34-31)11-8-7-9-13-24(37)19(2)36/h14-15,18-19,21-23,36H,6-13,16-17H2,1-5H3,(H,32,39)(H,33,41)(H,34,38)/t19-,21+,22+,23-,31+/m1/s1. The van der Waals surface area contributed by atoms with Gasteiger partial charge in [-0.3, -0.25) is 24.0 Å². The van der Waals surface area contributed by atoms with Crippen molar-refractivity contribution < 1.29 is 38.6 Å². The van der Waals surface area contributed by atoms with Crippen LogP contribution in [0.15, 0.2) is 18.2 Å². The van der Waals surface area contributed by atoms with Crippen LogP contribution in [0.25, 0.3) is 0 Å². The van der Waals surface area contributed by atoms with Crippen molar-refractivity contribution in [3.8, 4) is 11.5 Å². The van der Waals surface area contributed by atoms with E-state index >= 15 is 0 Å². The number of aliphatic hydroxyl groups is 1. The van der Waals surface area contributed by atoms with E-state index in [1.54, 1.807) is 32.0 Å². The molecule has 2 aliphatic rings. The number of nitrogens with one attached hydrogen (secondary N) is 3. The molecule has 3 rings (SSSR count). The van der Waals surface area contributed by atoms with Crippen LogP contribution in [0.4, 0.5) is 0 Å². The Balaban J connectivity index is 1.85. The van der Waals surface area contributed by atoms with Crippen molar-refractivity contribution >= 4 is 29.4 Å². The van der Waals surface area contributed by atoms with Gasteiger partial charge in [-0.05, 0) is 63.6 Å². The van der Waals surface area contributed by atoms with Crippen molar-refractivity contribution in [2.45, 2.75) is 108 Å². The van der Waals surface area contributed by atoms with Gasteiger partial charge < -0.3 is 35.4 Å². The second-order valence-electron chi connectivity index (χ2n) is 11.6. The van der Waals surface area contributed by atoms with E-state index < -0.39 is 47.5 Å². The summed E-state index contributed by atoms with van der Waals surface area (Å²) < 4.78 is 10.7. The number of ketones is 1. The first-order valence-corrected chi connectivity index (χ1v) is 15.1. The van der Waals surface area contributed by atoms with Gasteiger partial charge in [-0.15, -0.1) is 0 Å². The molecular formula is C31H46N4O8. The smallest absolute Gasteiger partial charge is 0.246 e. The number of aliphatic hydroxyl groups excluding tert-OH is 1. The maximum Gasteiger partial charge on any atom is 0.246 e. The zero-order valence-corrected chi connectivity index (χ0v) is 25.9. The summed E-state index contributed by atoms with van der Waals surface area (Å²) in [6, 6.07) is 2.59. The van der Waals surface area contributed by atoms with E-state index in [1.165, 1.54) is 26.0 Å². The third-order valence-corrected chi connectivity index (χ3v) is 8.45. The summed E-state index contributed by atoms with van der Waals surface area (Å²) in [5.74, 6) is -0.994. The van der Waals surface area contributed by atoms with E-state index in [1.807, 2.05) is 0 Å². The highest BCUT2D eigenvalue weighted by molar-refractivity contribution is 5.99. The first-order chi connectivity index (χ1) is 20.4. The molecule has 1 aromatic carbocycles. The molecular weight excluding hydrogens is 556 g/mol. The SMILES string of the molecule is CC[C@]1(C)NC(=O)[C@H](CCCCCC(=O)[C@@H](C)O)NC(=O)[C@H]2CCCN2C(=O)[C@H](Cc2ccc(OC)c(OC)c2)NC1=O. The molecule has 2 heterocycles. The first kappa shape index (κ1) is 33.8. The van der Waals surface area contributed by atoms with Crippen molar-refractivity contribution in [1.82, 2.24) is 20.9 Å². The van der Waals surface area contributed by atoms with Gasteiger partial charge in [0.05, 0.1) is 14.2 Å². The molecule has 5 atom stereocenters. The zero-order valence-electron chi connectivity index (χ0n) is 25.9. The van der Waals surface area contributed by atoms with Crippen LogP contribution in [0, 0.1) is 0 Å². The Kier molecular flexibility index (Phi) is 11.9. The van der Waals surface area contributed by atoms with Gasteiger partial charge in [0.25, 0.3) is 0 Å². The van der Waals surface area contributed by atoms with E-state index in [2.05, 4.69) is 16.0 Å². The molecule has 0 aromatic heterocycles. The molecule has 2 aliphatic heterocycles. The fourth-order valence-electron chi connectivity index (χ4n) is 5.50. The van der Waals surface area contributed by atoms with Crippen LogP contribution in [-0.4, -0.2) is 90.0 Å². The molecule has 43 heavy (non-hydrogen) atoms. The van der Waals surface area contributed by atoms with Crippen molar-refractivity contribution in [3.05, 3.63) is 23.8 Å². The minimum atomic E-state index is -1.34. The predicted octanol–water partition coefficient (Wildman–Crippen LogP) is 1.41. The Hall–Kier alpha value is -3.67. The number of nitrogens with zero attached hydrogens (tertiary/aromatic N) is 1. The summed E-state index contributed by atoms with van der Waals surface area (Å²) in [4.78, 5) is 67.9. The molecule has 2 saturated heterocycles. The molecule has 0 saturated carbocycles. The molecule has 1 aromatic rings. The lowest BCUT2D eigenvalue weighted by atomic mass is 9.94. The van der Waals surface area contributed by atoms with Gasteiger partial charge in [0.15, 0.2) is 17.3 Å². The van der Waals surface area contributed by atoms with Crippen molar-refractivity contribution in [1.29, 1.82) is 0 Å². The van der Waals surface area contributed by atoms with Crippen molar-refractivity contribution in [2.24, 2.45) is 0 Å². The van der Waals surface area contributed by atoms with E-state index in [0.29, 0.717) is 56.6 Å². The number of amides is 4. The number of hydrogen-bond acceptors (Lipinski definition) is 8. The number of benzene rings is 1. The molecule has 4 amide bonds. The fraction of sp³-hybridized carbons (Fsp3) is 0.645. The molecule has 0 aliphatic carbocycles. The number of Topliss-reactive ketones (excluding diaryl/α,β-unsaturated/α-hetero) is 1. The molecule has 12 nitrogen and oxygen atoms in total. The Labute approximate surface area is 253 Å². The lowest BCUT2D eigenvalue weighted by Gasteiger charge is -2.36. The van der Waals surface area contributed by atoms with Crippen LogP contribution < -0.4 is 25.4 Å². The van der Waals surface area contributed by atoms with E-state index in [4.69, 9.17) is 9.47 Å². The van der Waals surface area contributed by atoms with Crippen molar-refractivity contribution in [3.63, 3.8) is 0 Å². The highest BCUT2D eigenvalue weighted by Gasteiger charge is 2.43. The quantitative estimate of drug-likeness (QED) is 0.261. The Morgan fingerprint density at radius 2 is 1.77 bits per heavy atom. The largest absolute Gasteiger partial charge is 0.493 e. The van der Waals surface area contributed by atoms with Gasteiger partial charge in [0, 0.05) is 19.4 Å². The summed E-state index contributed by atoms with van der Waals surface area (Å²) in [6.45, 7) is 5.15. The maximum atomic E-state index is 14.0. The van der Waals surface area contributed by atoms with Crippen LogP contribution in [-0.2, 0) is 30.4 Å². The van der Waals surface area contributed by atoms with Crippen LogP contribution in [0.2, 0.25) is 0 Å². The summed E-state index contributed by atoms with van der Waals surface area (Å²) in [6.07, 6.45) is 2.68. The molecule has 0 radical (unpaired) electrons.